The molecule has 1 N–H and O–H groups in total. The maximum atomic E-state index is 14.2. The van der Waals surface area contributed by atoms with Crippen molar-refractivity contribution in [3.63, 3.8) is 0 Å². The van der Waals surface area contributed by atoms with Gasteiger partial charge in [-0.05, 0) is 72.1 Å². The second-order valence-electron chi connectivity index (χ2n) is 9.51. The number of nitrogens with zero attached hydrogens (tertiary/aromatic N) is 5. The summed E-state index contributed by atoms with van der Waals surface area (Å²) in [6.45, 7) is 1.80. The summed E-state index contributed by atoms with van der Waals surface area (Å²) >= 11 is 13.2. The van der Waals surface area contributed by atoms with Crippen LogP contribution in [-0.2, 0) is 6.54 Å². The summed E-state index contributed by atoms with van der Waals surface area (Å²) < 4.78 is 8.24. The molecule has 3 heterocycles. The monoisotopic (exact) mass is 582 g/mol. The SMILES string of the molecule is COc1cc(-c2cc3cn[nH]c3cc2Cl)cc2c1c(=O)n(-c1cncc(C)c1)c(=O)n2Cc1cc(C#N)ccc1Cl. The number of halogens is 2. The van der Waals surface area contributed by atoms with E-state index in [2.05, 4.69) is 21.3 Å². The van der Waals surface area contributed by atoms with Gasteiger partial charge in [-0.15, -0.1) is 0 Å². The van der Waals surface area contributed by atoms with Crippen LogP contribution in [0.25, 0.3) is 38.6 Å². The molecule has 6 rings (SSSR count). The molecule has 11 heteroatoms. The van der Waals surface area contributed by atoms with Crippen molar-refractivity contribution in [2.24, 2.45) is 0 Å². The summed E-state index contributed by atoms with van der Waals surface area (Å²) in [7, 11) is 1.46. The van der Waals surface area contributed by atoms with Gasteiger partial charge in [0.05, 0.1) is 59.4 Å². The highest BCUT2D eigenvalue weighted by Gasteiger charge is 2.21. The molecule has 0 aliphatic heterocycles. The van der Waals surface area contributed by atoms with Crippen LogP contribution in [0.5, 0.6) is 5.75 Å². The molecule has 0 saturated heterocycles. The number of fused-ring (bicyclic) bond motifs is 2. The van der Waals surface area contributed by atoms with E-state index < -0.39 is 11.2 Å². The summed E-state index contributed by atoms with van der Waals surface area (Å²) in [5.74, 6) is 0.255. The lowest BCUT2D eigenvalue weighted by molar-refractivity contribution is 0.419. The van der Waals surface area contributed by atoms with Crippen molar-refractivity contribution in [1.82, 2.24) is 24.3 Å². The molecule has 3 aromatic heterocycles. The number of rotatable bonds is 5. The van der Waals surface area contributed by atoms with Gasteiger partial charge in [-0.25, -0.2) is 9.36 Å². The Balaban J connectivity index is 1.72. The molecule has 0 spiro atoms. The molecular formula is C30H20Cl2N6O3. The average Bonchev–Trinajstić information content (AvgIpc) is 3.42. The van der Waals surface area contributed by atoms with Gasteiger partial charge in [0.25, 0.3) is 5.56 Å². The third kappa shape index (κ3) is 4.53. The van der Waals surface area contributed by atoms with Crippen molar-refractivity contribution < 1.29 is 4.74 Å². The number of aromatic amines is 1. The molecular weight excluding hydrogens is 563 g/mol. The fourth-order valence-electron chi connectivity index (χ4n) is 4.93. The minimum absolute atomic E-state index is 0.0235. The smallest absolute Gasteiger partial charge is 0.336 e. The summed E-state index contributed by atoms with van der Waals surface area (Å²) in [4.78, 5) is 32.3. The van der Waals surface area contributed by atoms with Crippen LogP contribution in [0.4, 0.5) is 0 Å². The van der Waals surface area contributed by atoms with Crippen LogP contribution >= 0.6 is 23.2 Å². The van der Waals surface area contributed by atoms with Crippen molar-refractivity contribution in [3.05, 3.63) is 115 Å². The predicted molar refractivity (Wildman–Crippen MR) is 158 cm³/mol. The third-order valence-corrected chi connectivity index (χ3v) is 7.57. The highest BCUT2D eigenvalue weighted by atomic mass is 35.5. The first-order valence-corrected chi connectivity index (χ1v) is 13.2. The zero-order chi connectivity index (χ0) is 28.8. The first-order valence-electron chi connectivity index (χ1n) is 12.4. The lowest BCUT2D eigenvalue weighted by Crippen LogP contribution is -2.39. The highest BCUT2D eigenvalue weighted by Crippen LogP contribution is 2.36. The number of pyridine rings is 1. The summed E-state index contributed by atoms with van der Waals surface area (Å²) in [6, 6.07) is 15.7. The van der Waals surface area contributed by atoms with E-state index in [1.54, 1.807) is 54.9 Å². The summed E-state index contributed by atoms with van der Waals surface area (Å²) in [5.41, 5.74) is 3.20. The minimum Gasteiger partial charge on any atom is -0.496 e. The maximum Gasteiger partial charge on any atom is 0.336 e. The molecule has 0 radical (unpaired) electrons. The van der Waals surface area contributed by atoms with Gasteiger partial charge in [0.15, 0.2) is 0 Å². The molecule has 0 saturated carbocycles. The van der Waals surface area contributed by atoms with Crippen molar-refractivity contribution in [2.75, 3.05) is 7.11 Å². The largest absolute Gasteiger partial charge is 0.496 e. The van der Waals surface area contributed by atoms with Gasteiger partial charge < -0.3 is 4.74 Å². The van der Waals surface area contributed by atoms with Crippen LogP contribution in [0.1, 0.15) is 16.7 Å². The fraction of sp³-hybridized carbons (Fsp3) is 0.100. The number of methoxy groups -OCH3 is 1. The van der Waals surface area contributed by atoms with E-state index in [-0.39, 0.29) is 17.7 Å². The number of hydrogen-bond donors (Lipinski definition) is 1. The van der Waals surface area contributed by atoms with Crippen molar-refractivity contribution >= 4 is 45.0 Å². The van der Waals surface area contributed by atoms with Gasteiger partial charge in [-0.3, -0.25) is 19.4 Å². The number of nitrogens with one attached hydrogen (secondary N) is 1. The van der Waals surface area contributed by atoms with E-state index in [4.69, 9.17) is 27.9 Å². The van der Waals surface area contributed by atoms with Gasteiger partial charge in [0.1, 0.15) is 11.1 Å². The van der Waals surface area contributed by atoms with Gasteiger partial charge >= 0.3 is 5.69 Å². The van der Waals surface area contributed by atoms with Crippen LogP contribution in [0.3, 0.4) is 0 Å². The molecule has 0 unspecified atom stereocenters. The van der Waals surface area contributed by atoms with Crippen LogP contribution in [0, 0.1) is 18.3 Å². The average molecular weight is 583 g/mol. The Hall–Kier alpha value is -4.91. The van der Waals surface area contributed by atoms with Crippen LogP contribution < -0.4 is 16.0 Å². The zero-order valence-electron chi connectivity index (χ0n) is 21.8. The molecule has 0 aliphatic carbocycles. The summed E-state index contributed by atoms with van der Waals surface area (Å²) in [5, 5.41) is 18.3. The topological polar surface area (TPSA) is 119 Å². The Morgan fingerprint density at radius 1 is 1.02 bits per heavy atom. The lowest BCUT2D eigenvalue weighted by Gasteiger charge is -2.18. The number of aromatic nitrogens is 5. The standard InChI is InChI=1S/C30H20Cl2N6O3/c1-16-5-21(14-34-12-16)38-29(39)28-26(37(30(38)40)15-20-6-17(11-33)3-4-23(20)31)8-18(9-27(28)41-2)22-7-19-13-35-36-25(19)10-24(22)32/h3-10,12-14H,15H2,1-2H3,(H,35,36). The van der Waals surface area contributed by atoms with E-state index in [0.717, 1.165) is 21.0 Å². The Kier molecular flexibility index (Phi) is 6.58. The van der Waals surface area contributed by atoms with E-state index >= 15 is 0 Å². The quantitative estimate of drug-likeness (QED) is 0.281. The van der Waals surface area contributed by atoms with Gasteiger partial charge in [-0.1, -0.05) is 23.2 Å². The van der Waals surface area contributed by atoms with E-state index in [1.807, 2.05) is 13.0 Å². The molecule has 0 fully saturated rings. The number of aryl methyl sites for hydroxylation is 1. The Morgan fingerprint density at radius 2 is 1.85 bits per heavy atom. The molecule has 3 aromatic carbocycles. The molecule has 0 aliphatic rings. The Morgan fingerprint density at radius 3 is 2.61 bits per heavy atom. The van der Waals surface area contributed by atoms with Gasteiger partial charge in [0.2, 0.25) is 0 Å². The molecule has 9 nitrogen and oxygen atoms in total. The zero-order valence-corrected chi connectivity index (χ0v) is 23.3. The third-order valence-electron chi connectivity index (χ3n) is 6.89. The molecule has 202 valence electrons. The summed E-state index contributed by atoms with van der Waals surface area (Å²) in [6.07, 6.45) is 4.77. The van der Waals surface area contributed by atoms with E-state index in [0.29, 0.717) is 43.5 Å². The van der Waals surface area contributed by atoms with E-state index in [1.165, 1.54) is 17.9 Å². The number of H-pyrrole nitrogens is 1. The molecule has 0 bridgehead atoms. The fourth-order valence-corrected chi connectivity index (χ4v) is 5.38. The maximum absolute atomic E-state index is 14.2. The normalized spacial score (nSPS) is 11.2. The number of nitriles is 1. The number of benzene rings is 3. The van der Waals surface area contributed by atoms with Crippen molar-refractivity contribution in [2.45, 2.75) is 13.5 Å². The molecule has 41 heavy (non-hydrogen) atoms. The second kappa shape index (κ2) is 10.2. The van der Waals surface area contributed by atoms with Crippen LogP contribution in [-0.4, -0.2) is 31.4 Å². The molecule has 6 aromatic rings. The first-order chi connectivity index (χ1) is 19.8. The predicted octanol–water partition coefficient (Wildman–Crippen LogP) is 5.63. The minimum atomic E-state index is -0.607. The Labute approximate surface area is 242 Å². The second-order valence-corrected chi connectivity index (χ2v) is 10.3. The highest BCUT2D eigenvalue weighted by molar-refractivity contribution is 6.34. The van der Waals surface area contributed by atoms with Crippen molar-refractivity contribution in [1.29, 1.82) is 5.26 Å². The first kappa shape index (κ1) is 26.3. The Bertz CT molecular complexity index is 2170. The number of ether oxygens (including phenoxy) is 1. The lowest BCUT2D eigenvalue weighted by atomic mass is 10.0. The van der Waals surface area contributed by atoms with E-state index in [9.17, 15) is 14.9 Å². The molecule has 0 amide bonds. The van der Waals surface area contributed by atoms with Gasteiger partial charge in [0, 0.05) is 22.2 Å². The van der Waals surface area contributed by atoms with Gasteiger partial charge in [-0.2, -0.15) is 10.4 Å². The van der Waals surface area contributed by atoms with Crippen LogP contribution in [0.15, 0.2) is 76.7 Å². The van der Waals surface area contributed by atoms with Crippen molar-refractivity contribution in [3.8, 4) is 28.6 Å². The van der Waals surface area contributed by atoms with Crippen LogP contribution in [0.2, 0.25) is 10.0 Å². The number of hydrogen-bond acceptors (Lipinski definition) is 6. The molecule has 0 atom stereocenters.